The van der Waals surface area contributed by atoms with E-state index in [2.05, 4.69) is 33.0 Å². The molecule has 0 radical (unpaired) electrons. The van der Waals surface area contributed by atoms with Crippen LogP contribution in [0.2, 0.25) is 0 Å². The van der Waals surface area contributed by atoms with Gasteiger partial charge in [0, 0.05) is 5.54 Å². The van der Waals surface area contributed by atoms with Crippen molar-refractivity contribution in [3.05, 3.63) is 0 Å². The van der Waals surface area contributed by atoms with Crippen LogP contribution in [-0.2, 0) is 9.47 Å². The molecule has 1 atom stereocenters. The van der Waals surface area contributed by atoms with Gasteiger partial charge in [0.2, 0.25) is 0 Å². The molecule has 1 N–H and O–H groups in total. The number of hydrogen-bond donors (Lipinski definition) is 1. The Morgan fingerprint density at radius 1 is 1.00 bits per heavy atom. The summed E-state index contributed by atoms with van der Waals surface area (Å²) in [5.41, 5.74) is 0.217. The van der Waals surface area contributed by atoms with Crippen LogP contribution < -0.4 is 5.32 Å². The first kappa shape index (κ1) is 16.9. The Morgan fingerprint density at radius 2 is 1.59 bits per heavy atom. The van der Waals surface area contributed by atoms with Crippen molar-refractivity contribution >= 4 is 0 Å². The van der Waals surface area contributed by atoms with Crippen LogP contribution in [-0.4, -0.2) is 37.5 Å². The number of nitrogens with one attached hydrogen (secondary N) is 1. The molecule has 0 aliphatic carbocycles. The molecule has 0 aliphatic heterocycles. The molecular formula is C14H31NO2. The van der Waals surface area contributed by atoms with Gasteiger partial charge in [-0.05, 0) is 60.9 Å². The number of rotatable bonds is 9. The fraction of sp³-hybridized carbons (Fsp3) is 1.00. The van der Waals surface area contributed by atoms with Crippen LogP contribution in [0.25, 0.3) is 0 Å². The summed E-state index contributed by atoms with van der Waals surface area (Å²) in [5.74, 6) is 0. The van der Waals surface area contributed by atoms with Crippen molar-refractivity contribution < 1.29 is 9.47 Å². The zero-order valence-electron chi connectivity index (χ0n) is 12.5. The van der Waals surface area contributed by atoms with Crippen LogP contribution in [0.5, 0.6) is 0 Å². The third-order valence-electron chi connectivity index (χ3n) is 2.38. The highest BCUT2D eigenvalue weighted by Gasteiger charge is 2.08. The van der Waals surface area contributed by atoms with E-state index in [-0.39, 0.29) is 5.54 Å². The van der Waals surface area contributed by atoms with Crippen molar-refractivity contribution in [1.82, 2.24) is 5.32 Å². The molecule has 0 fully saturated rings. The van der Waals surface area contributed by atoms with E-state index in [0.29, 0.717) is 25.4 Å². The lowest BCUT2D eigenvalue weighted by atomic mass is 10.1. The van der Waals surface area contributed by atoms with E-state index in [1.165, 1.54) is 0 Å². The molecule has 0 amide bonds. The van der Waals surface area contributed by atoms with Gasteiger partial charge in [-0.2, -0.15) is 0 Å². The second-order valence-electron chi connectivity index (χ2n) is 5.92. The van der Waals surface area contributed by atoms with Gasteiger partial charge in [0.1, 0.15) is 0 Å². The predicted octanol–water partition coefficient (Wildman–Crippen LogP) is 2.98. The van der Waals surface area contributed by atoms with Crippen LogP contribution in [0, 0.1) is 0 Å². The normalized spacial score (nSPS) is 14.3. The molecule has 0 saturated heterocycles. The molecular weight excluding hydrogens is 214 g/mol. The molecule has 1 unspecified atom stereocenters. The Kier molecular flexibility index (Phi) is 8.83. The van der Waals surface area contributed by atoms with Crippen LogP contribution >= 0.6 is 0 Å². The molecule has 0 heterocycles. The third-order valence-corrected chi connectivity index (χ3v) is 2.38. The van der Waals surface area contributed by atoms with Crippen LogP contribution in [0.4, 0.5) is 0 Å². The predicted molar refractivity (Wildman–Crippen MR) is 73.5 cm³/mol. The fourth-order valence-electron chi connectivity index (χ4n) is 1.47. The Morgan fingerprint density at radius 3 is 2.12 bits per heavy atom. The van der Waals surface area contributed by atoms with Gasteiger partial charge in [0.05, 0.1) is 25.4 Å². The molecule has 0 aromatic heterocycles. The zero-order valence-corrected chi connectivity index (χ0v) is 12.5. The monoisotopic (exact) mass is 245 g/mol. The molecule has 0 aromatic rings. The maximum atomic E-state index is 5.67. The van der Waals surface area contributed by atoms with E-state index < -0.39 is 0 Å². The average Bonchev–Trinajstić information content (AvgIpc) is 2.18. The minimum absolute atomic E-state index is 0.217. The van der Waals surface area contributed by atoms with Gasteiger partial charge in [0.25, 0.3) is 0 Å². The summed E-state index contributed by atoms with van der Waals surface area (Å²) in [7, 11) is 0. The lowest BCUT2D eigenvalue weighted by molar-refractivity contribution is -0.00942. The van der Waals surface area contributed by atoms with Gasteiger partial charge in [-0.15, -0.1) is 0 Å². The summed E-state index contributed by atoms with van der Waals surface area (Å²) >= 11 is 0. The maximum absolute atomic E-state index is 5.67. The topological polar surface area (TPSA) is 30.5 Å². The van der Waals surface area contributed by atoms with Gasteiger partial charge in [-0.1, -0.05) is 0 Å². The first-order valence-electron chi connectivity index (χ1n) is 6.79. The molecule has 104 valence electrons. The van der Waals surface area contributed by atoms with Crippen LogP contribution in [0.3, 0.4) is 0 Å². The van der Waals surface area contributed by atoms with Crippen molar-refractivity contribution in [2.45, 2.75) is 72.1 Å². The standard InChI is InChI=1S/C14H31NO2/c1-12(2)16-10-11-17-13(3)8-7-9-15-14(4,5)6/h12-13,15H,7-11H2,1-6H3. The van der Waals surface area contributed by atoms with Gasteiger partial charge in [-0.25, -0.2) is 0 Å². The lowest BCUT2D eigenvalue weighted by Crippen LogP contribution is -2.36. The summed E-state index contributed by atoms with van der Waals surface area (Å²) in [6.07, 6.45) is 2.88. The van der Waals surface area contributed by atoms with Gasteiger partial charge < -0.3 is 14.8 Å². The number of hydrogen-bond acceptors (Lipinski definition) is 3. The summed E-state index contributed by atoms with van der Waals surface area (Å²) < 4.78 is 11.1. The van der Waals surface area contributed by atoms with Crippen LogP contribution in [0.1, 0.15) is 54.4 Å². The Labute approximate surface area is 107 Å². The highest BCUT2D eigenvalue weighted by Crippen LogP contribution is 2.03. The summed E-state index contributed by atoms with van der Waals surface area (Å²) in [5, 5.41) is 3.48. The fourth-order valence-corrected chi connectivity index (χ4v) is 1.47. The second-order valence-corrected chi connectivity index (χ2v) is 5.92. The molecule has 0 spiro atoms. The molecule has 3 nitrogen and oxygen atoms in total. The van der Waals surface area contributed by atoms with Crippen molar-refractivity contribution in [2.24, 2.45) is 0 Å². The highest BCUT2D eigenvalue weighted by atomic mass is 16.5. The Balaban J connectivity index is 3.32. The van der Waals surface area contributed by atoms with Gasteiger partial charge in [-0.3, -0.25) is 0 Å². The molecule has 0 saturated carbocycles. The van der Waals surface area contributed by atoms with E-state index >= 15 is 0 Å². The quantitative estimate of drug-likeness (QED) is 0.633. The van der Waals surface area contributed by atoms with E-state index in [1.54, 1.807) is 0 Å². The van der Waals surface area contributed by atoms with Gasteiger partial charge >= 0.3 is 0 Å². The Bertz CT molecular complexity index is 176. The maximum Gasteiger partial charge on any atom is 0.0704 e. The van der Waals surface area contributed by atoms with E-state index in [9.17, 15) is 0 Å². The van der Waals surface area contributed by atoms with Gasteiger partial charge in [0.15, 0.2) is 0 Å². The smallest absolute Gasteiger partial charge is 0.0704 e. The molecule has 0 bridgehead atoms. The number of ether oxygens (including phenoxy) is 2. The molecule has 0 aliphatic rings. The van der Waals surface area contributed by atoms with E-state index in [0.717, 1.165) is 19.4 Å². The minimum Gasteiger partial charge on any atom is -0.376 e. The molecule has 0 rings (SSSR count). The summed E-state index contributed by atoms with van der Waals surface area (Å²) in [6, 6.07) is 0. The first-order valence-corrected chi connectivity index (χ1v) is 6.79. The molecule has 17 heavy (non-hydrogen) atoms. The lowest BCUT2D eigenvalue weighted by Gasteiger charge is -2.21. The summed E-state index contributed by atoms with van der Waals surface area (Å²) in [4.78, 5) is 0. The minimum atomic E-state index is 0.217. The largest absolute Gasteiger partial charge is 0.376 e. The second kappa shape index (κ2) is 8.90. The van der Waals surface area contributed by atoms with E-state index in [4.69, 9.17) is 9.47 Å². The Hall–Kier alpha value is -0.120. The highest BCUT2D eigenvalue weighted by molar-refractivity contribution is 4.69. The zero-order chi connectivity index (χ0) is 13.3. The van der Waals surface area contributed by atoms with Crippen LogP contribution in [0.15, 0.2) is 0 Å². The summed E-state index contributed by atoms with van der Waals surface area (Å²) in [6.45, 7) is 15.2. The average molecular weight is 245 g/mol. The SMILES string of the molecule is CC(C)OCCOC(C)CCCNC(C)(C)C. The van der Waals surface area contributed by atoms with Crippen molar-refractivity contribution in [3.8, 4) is 0 Å². The molecule has 0 aromatic carbocycles. The third kappa shape index (κ3) is 13.8. The van der Waals surface area contributed by atoms with Crippen molar-refractivity contribution in [2.75, 3.05) is 19.8 Å². The van der Waals surface area contributed by atoms with E-state index in [1.807, 2.05) is 13.8 Å². The van der Waals surface area contributed by atoms with Crippen molar-refractivity contribution in [1.29, 1.82) is 0 Å². The van der Waals surface area contributed by atoms with Crippen molar-refractivity contribution in [3.63, 3.8) is 0 Å². The molecule has 3 heteroatoms. The first-order chi connectivity index (χ1) is 7.81.